The Hall–Kier alpha value is -2.76. The van der Waals surface area contributed by atoms with E-state index in [-0.39, 0.29) is 18.1 Å². The van der Waals surface area contributed by atoms with Crippen LogP contribution in [0.3, 0.4) is 0 Å². The molecule has 1 amide bonds. The predicted octanol–water partition coefficient (Wildman–Crippen LogP) is 2.77. The van der Waals surface area contributed by atoms with Crippen molar-refractivity contribution < 1.29 is 19.4 Å². The lowest BCUT2D eigenvalue weighted by Gasteiger charge is -2.07. The van der Waals surface area contributed by atoms with Crippen LogP contribution in [0, 0.1) is 13.8 Å². The van der Waals surface area contributed by atoms with Crippen LogP contribution in [0.5, 0.6) is 5.75 Å². The lowest BCUT2D eigenvalue weighted by molar-refractivity contribution is 0.0525. The minimum atomic E-state index is -0.463. The van der Waals surface area contributed by atoms with Gasteiger partial charge in [0.2, 0.25) is 0 Å². The number of aromatic nitrogens is 1. The maximum atomic E-state index is 12.3. The summed E-state index contributed by atoms with van der Waals surface area (Å²) in [7, 11) is 0. The van der Waals surface area contributed by atoms with Gasteiger partial charge in [-0.1, -0.05) is 12.1 Å². The predicted molar refractivity (Wildman–Crippen MR) is 82.3 cm³/mol. The van der Waals surface area contributed by atoms with Crippen LogP contribution >= 0.6 is 0 Å². The summed E-state index contributed by atoms with van der Waals surface area (Å²) in [5.74, 6) is -0.921. The molecule has 0 saturated carbocycles. The van der Waals surface area contributed by atoms with E-state index in [1.165, 1.54) is 6.07 Å². The molecule has 0 fully saturated rings. The molecule has 1 heterocycles. The molecule has 2 aromatic rings. The molecule has 0 bridgehead atoms. The molecule has 1 aromatic heterocycles. The average Bonchev–Trinajstić information content (AvgIpc) is 2.77. The fourth-order valence-corrected chi connectivity index (χ4v) is 2.25. The zero-order chi connectivity index (χ0) is 16.3. The number of aromatic hydroxyl groups is 1. The van der Waals surface area contributed by atoms with Gasteiger partial charge in [0, 0.05) is 5.69 Å². The van der Waals surface area contributed by atoms with Gasteiger partial charge in [-0.05, 0) is 38.5 Å². The number of H-pyrrole nitrogens is 1. The molecule has 2 rings (SSSR count). The Balaban J connectivity index is 2.30. The van der Waals surface area contributed by atoms with Crippen LogP contribution in [-0.2, 0) is 4.74 Å². The zero-order valence-electron chi connectivity index (χ0n) is 12.7. The van der Waals surface area contributed by atoms with E-state index in [1.54, 1.807) is 39.0 Å². The number of aryl methyl sites for hydroxylation is 1. The monoisotopic (exact) mass is 302 g/mol. The first-order valence-corrected chi connectivity index (χ1v) is 6.91. The first-order chi connectivity index (χ1) is 10.5. The molecule has 0 aliphatic heterocycles. The van der Waals surface area contributed by atoms with Crippen LogP contribution in [-0.4, -0.2) is 28.6 Å². The fraction of sp³-hybridized carbons (Fsp3) is 0.250. The molecular formula is C16H18N2O4. The zero-order valence-corrected chi connectivity index (χ0v) is 12.7. The van der Waals surface area contributed by atoms with E-state index in [0.717, 1.165) is 0 Å². The van der Waals surface area contributed by atoms with Crippen molar-refractivity contribution >= 4 is 17.6 Å². The number of esters is 1. The number of rotatable bonds is 4. The lowest BCUT2D eigenvalue weighted by Crippen LogP contribution is -2.14. The van der Waals surface area contributed by atoms with Crippen LogP contribution in [0.1, 0.15) is 39.0 Å². The van der Waals surface area contributed by atoms with E-state index >= 15 is 0 Å². The molecule has 0 spiro atoms. The van der Waals surface area contributed by atoms with Crippen molar-refractivity contribution in [3.63, 3.8) is 0 Å². The molecule has 6 heteroatoms. The number of phenolic OH excluding ortho intramolecular Hbond substituents is 1. The molecule has 0 aliphatic rings. The summed E-state index contributed by atoms with van der Waals surface area (Å²) in [5, 5.41) is 12.3. The molecule has 0 unspecified atom stereocenters. The van der Waals surface area contributed by atoms with Gasteiger partial charge in [-0.15, -0.1) is 0 Å². The van der Waals surface area contributed by atoms with E-state index in [2.05, 4.69) is 10.3 Å². The highest BCUT2D eigenvalue weighted by atomic mass is 16.5. The highest BCUT2D eigenvalue weighted by Crippen LogP contribution is 2.24. The summed E-state index contributed by atoms with van der Waals surface area (Å²) >= 11 is 0. The summed E-state index contributed by atoms with van der Waals surface area (Å²) in [6, 6.07) is 6.43. The van der Waals surface area contributed by atoms with Gasteiger partial charge in [-0.2, -0.15) is 0 Å². The third-order valence-electron chi connectivity index (χ3n) is 3.30. The third-order valence-corrected chi connectivity index (χ3v) is 3.30. The molecule has 116 valence electrons. The maximum absolute atomic E-state index is 12.3. The summed E-state index contributed by atoms with van der Waals surface area (Å²) in [6.45, 7) is 5.37. The van der Waals surface area contributed by atoms with Crippen molar-refractivity contribution in [1.29, 1.82) is 0 Å². The van der Waals surface area contributed by atoms with Gasteiger partial charge in [-0.3, -0.25) is 4.79 Å². The van der Waals surface area contributed by atoms with Crippen LogP contribution in [0.15, 0.2) is 24.3 Å². The molecule has 0 atom stereocenters. The normalized spacial score (nSPS) is 10.3. The Morgan fingerprint density at radius 3 is 2.59 bits per heavy atom. The SMILES string of the molecule is CCOC(=O)c1c(C)[nH]c(C(=O)Nc2ccccc2O)c1C. The second-order valence-electron chi connectivity index (χ2n) is 4.82. The molecular weight excluding hydrogens is 284 g/mol. The standard InChI is InChI=1S/C16H18N2O4/c1-4-22-16(21)13-9(2)14(17-10(13)3)15(20)18-11-7-5-6-8-12(11)19/h5-8,17,19H,4H2,1-3H3,(H,18,20). The molecule has 6 nitrogen and oxygen atoms in total. The molecule has 22 heavy (non-hydrogen) atoms. The first-order valence-electron chi connectivity index (χ1n) is 6.91. The van der Waals surface area contributed by atoms with Crippen LogP contribution < -0.4 is 5.32 Å². The van der Waals surface area contributed by atoms with Gasteiger partial charge >= 0.3 is 5.97 Å². The molecule has 1 aromatic carbocycles. The van der Waals surface area contributed by atoms with E-state index in [9.17, 15) is 14.7 Å². The lowest BCUT2D eigenvalue weighted by atomic mass is 10.1. The van der Waals surface area contributed by atoms with Crippen molar-refractivity contribution in [2.45, 2.75) is 20.8 Å². The van der Waals surface area contributed by atoms with Crippen LogP contribution in [0.25, 0.3) is 0 Å². The quantitative estimate of drug-likeness (QED) is 0.598. The summed E-state index contributed by atoms with van der Waals surface area (Å²) < 4.78 is 4.99. The van der Waals surface area contributed by atoms with Crippen molar-refractivity contribution in [2.75, 3.05) is 11.9 Å². The van der Waals surface area contributed by atoms with E-state index < -0.39 is 11.9 Å². The van der Waals surface area contributed by atoms with E-state index in [1.807, 2.05) is 0 Å². The molecule has 3 N–H and O–H groups in total. The van der Waals surface area contributed by atoms with Gasteiger partial charge in [-0.25, -0.2) is 4.79 Å². The summed E-state index contributed by atoms with van der Waals surface area (Å²) in [5.41, 5.74) is 2.02. The number of hydrogen-bond acceptors (Lipinski definition) is 4. The van der Waals surface area contributed by atoms with Gasteiger partial charge < -0.3 is 20.1 Å². The number of benzene rings is 1. The second kappa shape index (κ2) is 6.34. The first kappa shape index (κ1) is 15.6. The summed E-state index contributed by atoms with van der Waals surface area (Å²) in [4.78, 5) is 27.1. The highest BCUT2D eigenvalue weighted by Gasteiger charge is 2.23. The fourth-order valence-electron chi connectivity index (χ4n) is 2.25. The average molecular weight is 302 g/mol. The Morgan fingerprint density at radius 2 is 1.95 bits per heavy atom. The third kappa shape index (κ3) is 2.95. The number of carbonyl (C=O) groups is 2. The topological polar surface area (TPSA) is 91.4 Å². The smallest absolute Gasteiger partial charge is 0.340 e. The van der Waals surface area contributed by atoms with Crippen LogP contribution in [0.4, 0.5) is 5.69 Å². The molecule has 0 saturated heterocycles. The number of aromatic amines is 1. The second-order valence-corrected chi connectivity index (χ2v) is 4.82. The van der Waals surface area contributed by atoms with Gasteiger partial charge in [0.05, 0.1) is 17.9 Å². The number of carbonyl (C=O) groups excluding carboxylic acids is 2. The number of phenols is 1. The number of amides is 1. The van der Waals surface area contributed by atoms with Crippen molar-refractivity contribution in [2.24, 2.45) is 0 Å². The largest absolute Gasteiger partial charge is 0.506 e. The number of para-hydroxylation sites is 2. The van der Waals surface area contributed by atoms with Crippen LogP contribution in [0.2, 0.25) is 0 Å². The van der Waals surface area contributed by atoms with Crippen molar-refractivity contribution in [3.8, 4) is 5.75 Å². The van der Waals surface area contributed by atoms with Crippen molar-refractivity contribution in [1.82, 2.24) is 4.98 Å². The maximum Gasteiger partial charge on any atom is 0.340 e. The van der Waals surface area contributed by atoms with Gasteiger partial charge in [0.1, 0.15) is 11.4 Å². The number of nitrogens with one attached hydrogen (secondary N) is 2. The highest BCUT2D eigenvalue weighted by molar-refractivity contribution is 6.07. The van der Waals surface area contributed by atoms with Crippen molar-refractivity contribution in [3.05, 3.63) is 46.8 Å². The minimum Gasteiger partial charge on any atom is -0.506 e. The Morgan fingerprint density at radius 1 is 1.27 bits per heavy atom. The Bertz CT molecular complexity index is 719. The van der Waals surface area contributed by atoms with Gasteiger partial charge in [0.25, 0.3) is 5.91 Å². The number of anilines is 1. The Kier molecular flexibility index (Phi) is 4.50. The number of hydrogen-bond donors (Lipinski definition) is 3. The Labute approximate surface area is 128 Å². The minimum absolute atomic E-state index is 0.0256. The van der Waals surface area contributed by atoms with Gasteiger partial charge in [0.15, 0.2) is 0 Å². The van der Waals surface area contributed by atoms with E-state index in [4.69, 9.17) is 4.74 Å². The number of ether oxygens (including phenoxy) is 1. The summed E-state index contributed by atoms with van der Waals surface area (Å²) in [6.07, 6.45) is 0. The van der Waals surface area contributed by atoms with E-state index in [0.29, 0.717) is 22.5 Å². The molecule has 0 radical (unpaired) electrons. The molecule has 0 aliphatic carbocycles.